The largest absolute Gasteiger partial charge is 0.297 e. The molecule has 2 rings (SSSR count). The average Bonchev–Trinajstić information content (AvgIpc) is 2.58. The lowest BCUT2D eigenvalue weighted by Crippen LogP contribution is -1.81. The van der Waals surface area contributed by atoms with Crippen LogP contribution in [0, 0.1) is 3.57 Å². The van der Waals surface area contributed by atoms with Crippen LogP contribution in [-0.4, -0.2) is 6.29 Å². The van der Waals surface area contributed by atoms with E-state index in [1.807, 2.05) is 6.07 Å². The maximum Gasteiger partial charge on any atom is 0.160 e. The second kappa shape index (κ2) is 4.28. The molecule has 0 N–H and O–H groups in total. The number of hydrogen-bond donors (Lipinski definition) is 0. The first-order chi connectivity index (χ1) is 6.74. The third-order valence-corrected chi connectivity index (χ3v) is 4.60. The highest BCUT2D eigenvalue weighted by atomic mass is 127. The molecule has 0 radical (unpaired) electrons. The Balaban J connectivity index is 2.69. The van der Waals surface area contributed by atoms with Gasteiger partial charge >= 0.3 is 0 Å². The molecule has 1 aromatic heterocycles. The number of carbonyl (C=O) groups excluding carboxylic acids is 1. The maximum absolute atomic E-state index is 10.6. The van der Waals surface area contributed by atoms with Gasteiger partial charge in [-0.1, -0.05) is 15.9 Å². The van der Waals surface area contributed by atoms with Gasteiger partial charge in [0, 0.05) is 13.6 Å². The topological polar surface area (TPSA) is 17.1 Å². The van der Waals surface area contributed by atoms with Gasteiger partial charge in [-0.3, -0.25) is 4.79 Å². The highest BCUT2D eigenvalue weighted by Crippen LogP contribution is 2.29. The Bertz CT molecular complexity index is 492. The van der Waals surface area contributed by atoms with Crippen molar-refractivity contribution in [2.24, 2.45) is 0 Å². The lowest BCUT2D eigenvalue weighted by atomic mass is 10.2. The van der Waals surface area contributed by atoms with Crippen LogP contribution in [-0.2, 0) is 5.33 Å². The first kappa shape index (κ1) is 10.6. The van der Waals surface area contributed by atoms with E-state index in [-0.39, 0.29) is 0 Å². The molecule has 0 fully saturated rings. The molecule has 0 saturated heterocycles. The van der Waals surface area contributed by atoms with Gasteiger partial charge in [0.15, 0.2) is 6.29 Å². The Morgan fingerprint density at radius 1 is 1.43 bits per heavy atom. The third-order valence-electron chi connectivity index (χ3n) is 1.96. The summed E-state index contributed by atoms with van der Waals surface area (Å²) in [5, 5.41) is 2.02. The molecule has 0 atom stereocenters. The van der Waals surface area contributed by atoms with Crippen molar-refractivity contribution in [3.05, 3.63) is 32.2 Å². The van der Waals surface area contributed by atoms with Crippen molar-refractivity contribution in [1.29, 1.82) is 0 Å². The summed E-state index contributed by atoms with van der Waals surface area (Å²) < 4.78 is 2.42. The van der Waals surface area contributed by atoms with E-state index in [0.29, 0.717) is 0 Å². The van der Waals surface area contributed by atoms with Crippen LogP contribution >= 0.6 is 49.9 Å². The normalized spacial score (nSPS) is 10.7. The van der Waals surface area contributed by atoms with E-state index in [1.54, 1.807) is 11.3 Å². The van der Waals surface area contributed by atoms with Gasteiger partial charge in [0.2, 0.25) is 0 Å². The number of hydrogen-bond acceptors (Lipinski definition) is 2. The van der Waals surface area contributed by atoms with Gasteiger partial charge in [0.25, 0.3) is 0 Å². The minimum atomic E-state index is 0.794. The molecule has 1 heterocycles. The second-order valence-electron chi connectivity index (χ2n) is 2.88. The van der Waals surface area contributed by atoms with Gasteiger partial charge in [-0.25, -0.2) is 0 Å². The van der Waals surface area contributed by atoms with Crippen molar-refractivity contribution in [3.8, 4) is 0 Å². The van der Waals surface area contributed by atoms with Gasteiger partial charge in [-0.2, -0.15) is 0 Å². The predicted molar refractivity (Wildman–Crippen MR) is 72.6 cm³/mol. The fourth-order valence-corrected chi connectivity index (χ4v) is 3.88. The number of thiophene rings is 1. The van der Waals surface area contributed by atoms with Crippen molar-refractivity contribution in [3.63, 3.8) is 0 Å². The van der Waals surface area contributed by atoms with Crippen molar-refractivity contribution in [1.82, 2.24) is 0 Å². The molecule has 0 spiro atoms. The molecule has 1 aromatic carbocycles. The Labute approximate surface area is 108 Å². The minimum Gasteiger partial charge on any atom is -0.297 e. The van der Waals surface area contributed by atoms with Crippen LogP contribution in [0.4, 0.5) is 0 Å². The molecule has 0 bridgehead atoms. The molecule has 4 heteroatoms. The molecule has 72 valence electrons. The summed E-state index contributed by atoms with van der Waals surface area (Å²) in [6.45, 7) is 0. The van der Waals surface area contributed by atoms with Crippen LogP contribution < -0.4 is 0 Å². The van der Waals surface area contributed by atoms with E-state index in [4.69, 9.17) is 0 Å². The molecular weight excluding hydrogens is 375 g/mol. The summed E-state index contributed by atoms with van der Waals surface area (Å²) in [6, 6.07) is 6.20. The fraction of sp³-hybridized carbons (Fsp3) is 0.100. The zero-order valence-corrected chi connectivity index (χ0v) is 11.6. The van der Waals surface area contributed by atoms with Gasteiger partial charge in [-0.15, -0.1) is 11.3 Å². The molecule has 1 nitrogen and oxygen atoms in total. The summed E-state index contributed by atoms with van der Waals surface area (Å²) in [6.07, 6.45) is 0.908. The lowest BCUT2D eigenvalue weighted by Gasteiger charge is -1.99. The smallest absolute Gasteiger partial charge is 0.160 e. The monoisotopic (exact) mass is 380 g/mol. The number of rotatable bonds is 2. The van der Waals surface area contributed by atoms with Crippen molar-refractivity contribution < 1.29 is 4.79 Å². The molecule has 2 aromatic rings. The van der Waals surface area contributed by atoms with E-state index in [0.717, 1.165) is 21.9 Å². The Kier molecular flexibility index (Phi) is 3.23. The number of fused-ring (bicyclic) bond motifs is 1. The van der Waals surface area contributed by atoms with Gasteiger partial charge in [-0.05, 0) is 51.7 Å². The molecule has 0 saturated carbocycles. The number of halogens is 2. The maximum atomic E-state index is 10.6. The molecule has 14 heavy (non-hydrogen) atoms. The summed E-state index contributed by atoms with van der Waals surface area (Å²) in [4.78, 5) is 11.4. The second-order valence-corrected chi connectivity index (χ2v) is 5.72. The van der Waals surface area contributed by atoms with E-state index in [9.17, 15) is 4.79 Å². The number of benzene rings is 1. The minimum absolute atomic E-state index is 0.794. The summed E-state index contributed by atoms with van der Waals surface area (Å²) >= 11 is 7.31. The van der Waals surface area contributed by atoms with E-state index < -0.39 is 0 Å². The number of alkyl halides is 1. The van der Waals surface area contributed by atoms with Crippen LogP contribution in [0.1, 0.15) is 15.2 Å². The average molecular weight is 381 g/mol. The zero-order valence-electron chi connectivity index (χ0n) is 7.09. The highest BCUT2D eigenvalue weighted by Gasteiger charge is 2.05. The molecular formula is C10H6BrIOS. The summed E-state index contributed by atoms with van der Waals surface area (Å²) in [7, 11) is 0. The van der Waals surface area contributed by atoms with Crippen LogP contribution in [0.15, 0.2) is 18.2 Å². The van der Waals surface area contributed by atoms with Crippen molar-refractivity contribution >= 4 is 66.2 Å². The van der Waals surface area contributed by atoms with Crippen LogP contribution in [0.3, 0.4) is 0 Å². The first-order valence-electron chi connectivity index (χ1n) is 3.97. The Morgan fingerprint density at radius 3 is 2.86 bits per heavy atom. The van der Waals surface area contributed by atoms with Gasteiger partial charge < -0.3 is 0 Å². The number of carbonyl (C=O) groups is 1. The molecule has 0 aliphatic carbocycles. The van der Waals surface area contributed by atoms with Crippen molar-refractivity contribution in [2.45, 2.75) is 5.33 Å². The quantitative estimate of drug-likeness (QED) is 0.433. The molecule has 0 unspecified atom stereocenters. The van der Waals surface area contributed by atoms with Crippen LogP contribution in [0.2, 0.25) is 0 Å². The lowest BCUT2D eigenvalue weighted by molar-refractivity contribution is 0.112. The zero-order chi connectivity index (χ0) is 10.1. The van der Waals surface area contributed by atoms with Gasteiger partial charge in [0.05, 0.1) is 4.88 Å². The van der Waals surface area contributed by atoms with Crippen LogP contribution in [0.25, 0.3) is 10.1 Å². The number of aldehydes is 1. The summed E-state index contributed by atoms with van der Waals surface area (Å²) in [5.41, 5.74) is 1.28. The molecule has 0 amide bonds. The molecule has 0 aliphatic rings. The standard InChI is InChI=1S/C10H6BrIOS/c11-4-7-3-10-6(2-9(7)12)1-8(5-13)14-10/h1-3,5H,4H2. The van der Waals surface area contributed by atoms with E-state index in [2.05, 4.69) is 50.7 Å². The highest BCUT2D eigenvalue weighted by molar-refractivity contribution is 14.1. The van der Waals surface area contributed by atoms with E-state index in [1.165, 1.54) is 13.8 Å². The SMILES string of the molecule is O=Cc1cc2cc(I)c(CBr)cc2s1. The fourth-order valence-electron chi connectivity index (χ4n) is 1.28. The molecule has 0 aliphatic heterocycles. The Morgan fingerprint density at radius 2 is 2.21 bits per heavy atom. The van der Waals surface area contributed by atoms with Crippen molar-refractivity contribution in [2.75, 3.05) is 0 Å². The Hall–Kier alpha value is 0.0600. The third kappa shape index (κ3) is 1.87. The summed E-state index contributed by atoms with van der Waals surface area (Å²) in [5.74, 6) is 0. The predicted octanol–water partition coefficient (Wildman–Crippen LogP) is 4.21. The van der Waals surface area contributed by atoms with Gasteiger partial charge in [0.1, 0.15) is 0 Å². The van der Waals surface area contributed by atoms with Crippen LogP contribution in [0.5, 0.6) is 0 Å². The van der Waals surface area contributed by atoms with E-state index >= 15 is 0 Å². The first-order valence-corrected chi connectivity index (χ1v) is 6.99.